The maximum absolute atomic E-state index is 13.1. The van der Waals surface area contributed by atoms with Crippen molar-refractivity contribution in [1.29, 1.82) is 0 Å². The van der Waals surface area contributed by atoms with Crippen molar-refractivity contribution in [2.24, 2.45) is 0 Å². The second-order valence-corrected chi connectivity index (χ2v) is 3.17. The maximum atomic E-state index is 13.1. The predicted octanol–water partition coefficient (Wildman–Crippen LogP) is 0.264. The lowest BCUT2D eigenvalue weighted by atomic mass is 10.5. The summed E-state index contributed by atoms with van der Waals surface area (Å²) in [6, 6.07) is 0. The standard InChI is InChI=1S/C9H15FN4O/c1-3-13(4-2)6-14-5-7(10)8(11)12-9(14)15/h5H,3-4,6H2,1-2H3,(H2,11,12,15). The third kappa shape index (κ3) is 2.76. The Labute approximate surface area is 87.3 Å². The topological polar surface area (TPSA) is 64.2 Å². The second kappa shape index (κ2) is 4.88. The summed E-state index contributed by atoms with van der Waals surface area (Å²) < 4.78 is 14.3. The van der Waals surface area contributed by atoms with Crippen LogP contribution in [0.15, 0.2) is 11.0 Å². The molecular formula is C9H15FN4O. The van der Waals surface area contributed by atoms with Crippen LogP contribution in [0.3, 0.4) is 0 Å². The van der Waals surface area contributed by atoms with Gasteiger partial charge in [0.05, 0.1) is 6.67 Å². The molecule has 15 heavy (non-hydrogen) atoms. The summed E-state index contributed by atoms with van der Waals surface area (Å²) in [5.74, 6) is -1.02. The molecule has 1 aromatic heterocycles. The Hall–Kier alpha value is -1.43. The van der Waals surface area contributed by atoms with E-state index < -0.39 is 11.5 Å². The van der Waals surface area contributed by atoms with Gasteiger partial charge in [0.2, 0.25) is 0 Å². The van der Waals surface area contributed by atoms with E-state index in [4.69, 9.17) is 5.73 Å². The number of anilines is 1. The van der Waals surface area contributed by atoms with Gasteiger partial charge in [-0.3, -0.25) is 9.47 Å². The van der Waals surface area contributed by atoms with Gasteiger partial charge in [-0.2, -0.15) is 4.98 Å². The number of hydrogen-bond donors (Lipinski definition) is 1. The highest BCUT2D eigenvalue weighted by Gasteiger charge is 2.07. The molecule has 1 heterocycles. The van der Waals surface area contributed by atoms with Crippen LogP contribution in [0, 0.1) is 5.82 Å². The molecule has 0 unspecified atom stereocenters. The average Bonchev–Trinajstić information content (AvgIpc) is 2.21. The Bertz CT molecular complexity index is 386. The first-order valence-electron chi connectivity index (χ1n) is 4.83. The van der Waals surface area contributed by atoms with E-state index in [2.05, 4.69) is 4.98 Å². The van der Waals surface area contributed by atoms with Gasteiger partial charge < -0.3 is 5.73 Å². The van der Waals surface area contributed by atoms with Crippen LogP contribution in [0.1, 0.15) is 13.8 Å². The lowest BCUT2D eigenvalue weighted by Gasteiger charge is -2.18. The molecular weight excluding hydrogens is 199 g/mol. The molecule has 0 amide bonds. The van der Waals surface area contributed by atoms with Crippen molar-refractivity contribution in [2.75, 3.05) is 18.8 Å². The van der Waals surface area contributed by atoms with Crippen molar-refractivity contribution in [3.8, 4) is 0 Å². The fourth-order valence-corrected chi connectivity index (χ4v) is 1.22. The summed E-state index contributed by atoms with van der Waals surface area (Å²) in [6.45, 7) is 5.84. The van der Waals surface area contributed by atoms with Gasteiger partial charge in [-0.1, -0.05) is 13.8 Å². The quantitative estimate of drug-likeness (QED) is 0.781. The molecule has 0 aliphatic heterocycles. The van der Waals surface area contributed by atoms with E-state index in [-0.39, 0.29) is 5.82 Å². The second-order valence-electron chi connectivity index (χ2n) is 3.17. The molecule has 0 aliphatic rings. The summed E-state index contributed by atoms with van der Waals surface area (Å²) in [6.07, 6.45) is 1.09. The number of nitrogens with zero attached hydrogens (tertiary/aromatic N) is 3. The Morgan fingerprint density at radius 1 is 1.53 bits per heavy atom. The van der Waals surface area contributed by atoms with Gasteiger partial charge in [-0.05, 0) is 13.1 Å². The van der Waals surface area contributed by atoms with Crippen LogP contribution >= 0.6 is 0 Å². The van der Waals surface area contributed by atoms with E-state index in [1.165, 1.54) is 4.57 Å². The molecule has 0 spiro atoms. The summed E-state index contributed by atoms with van der Waals surface area (Å²) in [5, 5.41) is 0. The van der Waals surface area contributed by atoms with Crippen LogP contribution in [0.4, 0.5) is 10.2 Å². The lowest BCUT2D eigenvalue weighted by Crippen LogP contribution is -2.33. The smallest absolute Gasteiger partial charge is 0.350 e. The van der Waals surface area contributed by atoms with Gasteiger partial charge in [0.15, 0.2) is 11.6 Å². The van der Waals surface area contributed by atoms with Crippen LogP contribution in [0.25, 0.3) is 0 Å². The van der Waals surface area contributed by atoms with Crippen molar-refractivity contribution >= 4 is 5.82 Å². The minimum Gasteiger partial charge on any atom is -0.381 e. The molecule has 2 N–H and O–H groups in total. The van der Waals surface area contributed by atoms with Crippen molar-refractivity contribution in [3.05, 3.63) is 22.5 Å². The molecule has 84 valence electrons. The van der Waals surface area contributed by atoms with Crippen LogP contribution in [0.5, 0.6) is 0 Å². The zero-order valence-electron chi connectivity index (χ0n) is 8.90. The van der Waals surface area contributed by atoms with Crippen LogP contribution < -0.4 is 11.4 Å². The molecule has 0 aliphatic carbocycles. The van der Waals surface area contributed by atoms with Gasteiger partial charge >= 0.3 is 5.69 Å². The first-order chi connectivity index (χ1) is 7.08. The number of nitrogen functional groups attached to an aromatic ring is 1. The molecule has 0 saturated heterocycles. The number of nitrogens with two attached hydrogens (primary N) is 1. The van der Waals surface area contributed by atoms with Crippen LogP contribution in [0.2, 0.25) is 0 Å². The Balaban J connectivity index is 2.95. The van der Waals surface area contributed by atoms with E-state index in [0.717, 1.165) is 19.3 Å². The highest BCUT2D eigenvalue weighted by molar-refractivity contribution is 5.26. The van der Waals surface area contributed by atoms with Crippen molar-refractivity contribution in [1.82, 2.24) is 14.5 Å². The molecule has 0 aromatic carbocycles. The summed E-state index contributed by atoms with van der Waals surface area (Å²) in [5.41, 5.74) is 4.65. The van der Waals surface area contributed by atoms with Gasteiger partial charge in [0.1, 0.15) is 0 Å². The zero-order valence-corrected chi connectivity index (χ0v) is 8.90. The minimum absolute atomic E-state index is 0.329. The fourth-order valence-electron chi connectivity index (χ4n) is 1.22. The maximum Gasteiger partial charge on any atom is 0.350 e. The van der Waals surface area contributed by atoms with Gasteiger partial charge in [0.25, 0.3) is 0 Å². The van der Waals surface area contributed by atoms with Gasteiger partial charge in [0, 0.05) is 6.20 Å². The molecule has 0 fully saturated rings. The van der Waals surface area contributed by atoms with Crippen molar-refractivity contribution < 1.29 is 4.39 Å². The molecule has 0 radical (unpaired) electrons. The Morgan fingerprint density at radius 3 is 2.67 bits per heavy atom. The molecule has 5 nitrogen and oxygen atoms in total. The number of halogens is 1. The largest absolute Gasteiger partial charge is 0.381 e. The van der Waals surface area contributed by atoms with E-state index in [9.17, 15) is 9.18 Å². The molecule has 0 saturated carbocycles. The normalized spacial score (nSPS) is 10.9. The molecule has 0 bridgehead atoms. The minimum atomic E-state index is -0.665. The Morgan fingerprint density at radius 2 is 2.13 bits per heavy atom. The number of aromatic nitrogens is 2. The van der Waals surface area contributed by atoms with Crippen LogP contribution in [-0.4, -0.2) is 27.5 Å². The fraction of sp³-hybridized carbons (Fsp3) is 0.556. The monoisotopic (exact) mass is 214 g/mol. The van der Waals surface area contributed by atoms with Crippen molar-refractivity contribution in [3.63, 3.8) is 0 Å². The highest BCUT2D eigenvalue weighted by Crippen LogP contribution is 2.01. The average molecular weight is 214 g/mol. The number of hydrogen-bond acceptors (Lipinski definition) is 4. The van der Waals surface area contributed by atoms with E-state index >= 15 is 0 Å². The van der Waals surface area contributed by atoms with E-state index in [1.807, 2.05) is 18.7 Å². The third-order valence-corrected chi connectivity index (χ3v) is 2.22. The summed E-state index contributed by atoms with van der Waals surface area (Å²) in [7, 11) is 0. The van der Waals surface area contributed by atoms with E-state index in [0.29, 0.717) is 6.67 Å². The van der Waals surface area contributed by atoms with Crippen LogP contribution in [-0.2, 0) is 6.67 Å². The molecule has 1 aromatic rings. The highest BCUT2D eigenvalue weighted by atomic mass is 19.1. The first kappa shape index (κ1) is 11.6. The first-order valence-corrected chi connectivity index (χ1v) is 4.83. The van der Waals surface area contributed by atoms with E-state index in [1.54, 1.807) is 0 Å². The van der Waals surface area contributed by atoms with Gasteiger partial charge in [-0.15, -0.1) is 0 Å². The third-order valence-electron chi connectivity index (χ3n) is 2.22. The SMILES string of the molecule is CCN(CC)Cn1cc(F)c(N)nc1=O. The summed E-state index contributed by atoms with van der Waals surface area (Å²) >= 11 is 0. The number of rotatable bonds is 4. The molecule has 1 rings (SSSR count). The Kier molecular flexibility index (Phi) is 3.79. The van der Waals surface area contributed by atoms with Crippen molar-refractivity contribution in [2.45, 2.75) is 20.5 Å². The summed E-state index contributed by atoms with van der Waals surface area (Å²) in [4.78, 5) is 16.7. The zero-order chi connectivity index (χ0) is 11.4. The van der Waals surface area contributed by atoms with Gasteiger partial charge in [-0.25, -0.2) is 9.18 Å². The predicted molar refractivity (Wildman–Crippen MR) is 55.8 cm³/mol. The molecule has 6 heteroatoms. The lowest BCUT2D eigenvalue weighted by molar-refractivity contribution is 0.235. The molecule has 0 atom stereocenters.